The topological polar surface area (TPSA) is 64.6 Å². The fraction of sp³-hybridized carbons (Fsp3) is 0.263. The Morgan fingerprint density at radius 3 is 2.25 bits per heavy atom. The van der Waals surface area contributed by atoms with E-state index in [4.69, 9.17) is 21.1 Å². The molecule has 0 aliphatic heterocycles. The summed E-state index contributed by atoms with van der Waals surface area (Å²) in [6.07, 6.45) is -1.35. The molecule has 1 amide bonds. The molecule has 1 N–H and O–H groups in total. The van der Waals surface area contributed by atoms with Crippen molar-refractivity contribution in [3.63, 3.8) is 0 Å². The first-order valence-corrected chi connectivity index (χ1v) is 8.49. The highest BCUT2D eigenvalue weighted by Crippen LogP contribution is 2.23. The van der Waals surface area contributed by atoms with Gasteiger partial charge in [-0.3, -0.25) is 4.79 Å². The molecule has 0 saturated carbocycles. The number of amides is 1. The lowest BCUT2D eigenvalue weighted by Gasteiger charge is -2.26. The quantitative estimate of drug-likeness (QED) is 0.558. The van der Waals surface area contributed by atoms with Gasteiger partial charge in [0.1, 0.15) is 5.75 Å². The maximum absolute atomic E-state index is 13.6. The highest BCUT2D eigenvalue weighted by molar-refractivity contribution is 6.30. The summed E-state index contributed by atoms with van der Waals surface area (Å²) < 4.78 is 50.4. The fourth-order valence-corrected chi connectivity index (χ4v) is 2.18. The molecule has 0 aliphatic rings. The monoisotopic (exact) mass is 415 g/mol. The van der Waals surface area contributed by atoms with Crippen LogP contribution < -0.4 is 10.1 Å². The van der Waals surface area contributed by atoms with Crippen LogP contribution in [0.1, 0.15) is 20.8 Å². The zero-order valence-electron chi connectivity index (χ0n) is 15.2. The molecule has 0 aromatic heterocycles. The number of anilines is 1. The highest BCUT2D eigenvalue weighted by Gasteiger charge is 2.34. The van der Waals surface area contributed by atoms with Crippen LogP contribution in [0.3, 0.4) is 0 Å². The maximum atomic E-state index is 13.6. The van der Waals surface area contributed by atoms with Crippen LogP contribution in [0.2, 0.25) is 5.02 Å². The summed E-state index contributed by atoms with van der Waals surface area (Å²) in [5.74, 6) is -6.11. The minimum Gasteiger partial charge on any atom is -0.476 e. The molecule has 1 unspecified atom stereocenters. The van der Waals surface area contributed by atoms with Gasteiger partial charge in [-0.2, -0.15) is 0 Å². The molecule has 5 nitrogen and oxygen atoms in total. The van der Waals surface area contributed by atoms with E-state index >= 15 is 0 Å². The van der Waals surface area contributed by atoms with E-state index in [1.807, 2.05) is 5.32 Å². The molecule has 9 heteroatoms. The van der Waals surface area contributed by atoms with Gasteiger partial charge in [0, 0.05) is 5.02 Å². The number of halogens is 4. The van der Waals surface area contributed by atoms with Crippen LogP contribution in [-0.2, 0) is 14.3 Å². The largest absolute Gasteiger partial charge is 0.476 e. The van der Waals surface area contributed by atoms with Crippen molar-refractivity contribution in [2.24, 2.45) is 0 Å². The molecule has 28 heavy (non-hydrogen) atoms. The Labute approximate surface area is 164 Å². The number of nitrogens with one attached hydrogen (secondary N) is 1. The van der Waals surface area contributed by atoms with Crippen LogP contribution in [0.15, 0.2) is 36.4 Å². The third-order valence-electron chi connectivity index (χ3n) is 3.62. The molecule has 0 spiro atoms. The smallest absolute Gasteiger partial charge is 0.350 e. The van der Waals surface area contributed by atoms with Crippen LogP contribution >= 0.6 is 11.6 Å². The molecule has 0 radical (unpaired) electrons. The Morgan fingerprint density at radius 1 is 1.04 bits per heavy atom. The van der Waals surface area contributed by atoms with Crippen molar-refractivity contribution in [2.45, 2.75) is 32.5 Å². The number of carbonyl (C=O) groups is 2. The highest BCUT2D eigenvalue weighted by atomic mass is 35.5. The van der Waals surface area contributed by atoms with Gasteiger partial charge in [0.15, 0.2) is 29.2 Å². The van der Waals surface area contributed by atoms with Crippen LogP contribution in [0, 0.1) is 17.5 Å². The van der Waals surface area contributed by atoms with E-state index in [1.54, 1.807) is 24.3 Å². The third-order valence-corrected chi connectivity index (χ3v) is 3.88. The Balaban J connectivity index is 2.01. The predicted molar refractivity (Wildman–Crippen MR) is 96.7 cm³/mol. The van der Waals surface area contributed by atoms with Crippen molar-refractivity contribution in [1.82, 2.24) is 0 Å². The second-order valence-electron chi connectivity index (χ2n) is 6.33. The molecule has 0 heterocycles. The van der Waals surface area contributed by atoms with E-state index in [0.29, 0.717) is 16.8 Å². The minimum atomic E-state index is -1.72. The average molecular weight is 416 g/mol. The Bertz CT molecular complexity index is 887. The van der Waals surface area contributed by atoms with Gasteiger partial charge in [-0.15, -0.1) is 0 Å². The lowest BCUT2D eigenvalue weighted by Crippen LogP contribution is -2.43. The predicted octanol–water partition coefficient (Wildman–Crippen LogP) is 4.49. The SMILES string of the molecule is CC(OC(=O)C(C)(C)Oc1ccc(Cl)cc1)C(=O)Nc1ccc(F)c(F)c1F. The lowest BCUT2D eigenvalue weighted by atomic mass is 10.1. The first-order chi connectivity index (χ1) is 13.0. The van der Waals surface area contributed by atoms with Gasteiger partial charge in [0.25, 0.3) is 5.91 Å². The molecule has 2 rings (SSSR count). The van der Waals surface area contributed by atoms with Gasteiger partial charge in [0.2, 0.25) is 0 Å². The van der Waals surface area contributed by atoms with Gasteiger partial charge in [-0.1, -0.05) is 11.6 Å². The molecule has 0 saturated heterocycles. The van der Waals surface area contributed by atoms with Crippen molar-refractivity contribution in [3.05, 3.63) is 58.9 Å². The van der Waals surface area contributed by atoms with E-state index in [0.717, 1.165) is 6.07 Å². The van der Waals surface area contributed by atoms with Crippen molar-refractivity contribution in [3.8, 4) is 5.75 Å². The first kappa shape index (κ1) is 21.6. The number of carbonyl (C=O) groups excluding carboxylic acids is 2. The second-order valence-corrected chi connectivity index (χ2v) is 6.76. The normalized spacial score (nSPS) is 12.2. The number of hydrogen-bond donors (Lipinski definition) is 1. The molecule has 1 atom stereocenters. The Kier molecular flexibility index (Phi) is 6.56. The van der Waals surface area contributed by atoms with Crippen molar-refractivity contribution >= 4 is 29.2 Å². The van der Waals surface area contributed by atoms with Gasteiger partial charge in [-0.05, 0) is 57.2 Å². The van der Waals surface area contributed by atoms with E-state index < -0.39 is 46.7 Å². The molecular weight excluding hydrogens is 399 g/mol. The van der Waals surface area contributed by atoms with Crippen LogP contribution in [0.25, 0.3) is 0 Å². The number of esters is 1. The summed E-state index contributed by atoms with van der Waals surface area (Å²) >= 11 is 5.78. The molecule has 2 aromatic carbocycles. The molecule has 0 bridgehead atoms. The number of ether oxygens (including phenoxy) is 2. The molecule has 2 aromatic rings. The molecule has 0 aliphatic carbocycles. The number of benzene rings is 2. The van der Waals surface area contributed by atoms with Crippen molar-refractivity contribution < 1.29 is 32.2 Å². The maximum Gasteiger partial charge on any atom is 0.350 e. The summed E-state index contributed by atoms with van der Waals surface area (Å²) in [6.45, 7) is 4.11. The summed E-state index contributed by atoms with van der Waals surface area (Å²) in [5.41, 5.74) is -2.03. The van der Waals surface area contributed by atoms with Gasteiger partial charge >= 0.3 is 5.97 Å². The van der Waals surface area contributed by atoms with E-state index in [9.17, 15) is 22.8 Å². The average Bonchev–Trinajstić information content (AvgIpc) is 2.63. The number of hydrogen-bond acceptors (Lipinski definition) is 4. The van der Waals surface area contributed by atoms with Crippen LogP contribution in [0.4, 0.5) is 18.9 Å². The summed E-state index contributed by atoms with van der Waals surface area (Å²) in [5, 5.41) is 2.53. The van der Waals surface area contributed by atoms with Gasteiger partial charge < -0.3 is 14.8 Å². The summed E-state index contributed by atoms with van der Waals surface area (Å²) in [7, 11) is 0. The van der Waals surface area contributed by atoms with Crippen molar-refractivity contribution in [2.75, 3.05) is 5.32 Å². The van der Waals surface area contributed by atoms with Crippen LogP contribution in [0.5, 0.6) is 5.75 Å². The lowest BCUT2D eigenvalue weighted by molar-refractivity contribution is -0.166. The Morgan fingerprint density at radius 2 is 1.64 bits per heavy atom. The van der Waals surface area contributed by atoms with Crippen molar-refractivity contribution in [1.29, 1.82) is 0 Å². The van der Waals surface area contributed by atoms with Gasteiger partial charge in [0.05, 0.1) is 5.69 Å². The molecular formula is C19H17ClF3NO4. The first-order valence-electron chi connectivity index (χ1n) is 8.11. The van der Waals surface area contributed by atoms with Gasteiger partial charge in [-0.25, -0.2) is 18.0 Å². The third kappa shape index (κ3) is 5.16. The van der Waals surface area contributed by atoms with E-state index in [-0.39, 0.29) is 0 Å². The standard InChI is InChI=1S/C19H17ClF3NO4/c1-10(17(25)24-14-9-8-13(21)15(22)16(14)23)27-18(26)19(2,3)28-12-6-4-11(20)5-7-12/h4-10H,1-3H3,(H,24,25). The Hall–Kier alpha value is -2.74. The van der Waals surface area contributed by atoms with E-state index in [2.05, 4.69) is 0 Å². The van der Waals surface area contributed by atoms with E-state index in [1.165, 1.54) is 20.8 Å². The van der Waals surface area contributed by atoms with Crippen LogP contribution in [-0.4, -0.2) is 23.6 Å². The number of rotatable bonds is 6. The second kappa shape index (κ2) is 8.52. The minimum absolute atomic E-state index is 0.354. The summed E-state index contributed by atoms with van der Waals surface area (Å²) in [4.78, 5) is 24.4. The fourth-order valence-electron chi connectivity index (χ4n) is 2.05. The zero-order valence-corrected chi connectivity index (χ0v) is 15.9. The summed E-state index contributed by atoms with van der Waals surface area (Å²) in [6, 6.07) is 7.77. The molecule has 150 valence electrons. The molecule has 0 fully saturated rings. The zero-order chi connectivity index (χ0) is 21.1.